The van der Waals surface area contributed by atoms with Crippen LogP contribution in [0.4, 0.5) is 11.4 Å². The van der Waals surface area contributed by atoms with Gasteiger partial charge in [0.15, 0.2) is 0 Å². The maximum atomic E-state index is 12.4. The molecule has 102 valence electrons. The van der Waals surface area contributed by atoms with Crippen molar-refractivity contribution in [2.75, 3.05) is 17.1 Å². The maximum Gasteiger partial charge on any atom is 0.273 e. The molecule has 2 rings (SSSR count). The molecular weight excluding hydrogens is 280 g/mol. The number of aryl methyl sites for hydroxylation is 2. The van der Waals surface area contributed by atoms with Crippen LogP contribution in [0.25, 0.3) is 0 Å². The van der Waals surface area contributed by atoms with Crippen LogP contribution in [0.15, 0.2) is 33.9 Å². The fraction of sp³-hybridized carbons (Fsp3) is 0.231. The van der Waals surface area contributed by atoms with Crippen molar-refractivity contribution in [3.8, 4) is 0 Å². The molecule has 2 N–H and O–H groups in total. The monoisotopic (exact) mass is 296 g/mol. The molecule has 6 heteroatoms. The molecule has 0 aliphatic heterocycles. The number of sulfonamides is 1. The summed E-state index contributed by atoms with van der Waals surface area (Å²) in [6.45, 7) is 3.89. The SMILES string of the molecule is Cc1cc(C)cc(N(C)S(=O)(=O)c2cc(N)cs2)c1. The van der Waals surface area contributed by atoms with Crippen molar-refractivity contribution in [1.82, 2.24) is 0 Å². The lowest BCUT2D eigenvalue weighted by molar-refractivity contribution is 0.596. The van der Waals surface area contributed by atoms with Gasteiger partial charge >= 0.3 is 0 Å². The zero-order chi connectivity index (χ0) is 14.2. The molecule has 2 aromatic rings. The van der Waals surface area contributed by atoms with Gasteiger partial charge in [-0.25, -0.2) is 8.42 Å². The van der Waals surface area contributed by atoms with Crippen LogP contribution in [0.2, 0.25) is 0 Å². The quantitative estimate of drug-likeness (QED) is 0.947. The third-order valence-electron chi connectivity index (χ3n) is 2.78. The number of benzene rings is 1. The van der Waals surface area contributed by atoms with Gasteiger partial charge in [0.1, 0.15) is 4.21 Å². The van der Waals surface area contributed by atoms with Crippen LogP contribution in [-0.2, 0) is 10.0 Å². The zero-order valence-corrected chi connectivity index (χ0v) is 12.7. The fourth-order valence-corrected chi connectivity index (χ4v) is 4.30. The minimum Gasteiger partial charge on any atom is -0.398 e. The van der Waals surface area contributed by atoms with Gasteiger partial charge in [-0.3, -0.25) is 4.31 Å². The molecule has 0 aliphatic carbocycles. The highest BCUT2D eigenvalue weighted by Crippen LogP contribution is 2.28. The van der Waals surface area contributed by atoms with Gasteiger partial charge in [0, 0.05) is 18.1 Å². The Kier molecular flexibility index (Phi) is 3.56. The number of nitrogens with zero attached hydrogens (tertiary/aromatic N) is 1. The highest BCUT2D eigenvalue weighted by Gasteiger charge is 2.23. The van der Waals surface area contributed by atoms with Crippen LogP contribution in [0, 0.1) is 13.8 Å². The van der Waals surface area contributed by atoms with Crippen LogP contribution in [0.5, 0.6) is 0 Å². The van der Waals surface area contributed by atoms with E-state index >= 15 is 0 Å². The van der Waals surface area contributed by atoms with Gasteiger partial charge in [-0.2, -0.15) is 0 Å². The Morgan fingerprint density at radius 2 is 1.68 bits per heavy atom. The van der Waals surface area contributed by atoms with E-state index in [0.29, 0.717) is 11.4 Å². The van der Waals surface area contributed by atoms with Gasteiger partial charge in [0.25, 0.3) is 10.0 Å². The highest BCUT2D eigenvalue weighted by atomic mass is 32.2. The summed E-state index contributed by atoms with van der Waals surface area (Å²) in [5, 5.41) is 1.63. The number of rotatable bonds is 3. The average molecular weight is 296 g/mol. The second-order valence-electron chi connectivity index (χ2n) is 4.52. The van der Waals surface area contributed by atoms with Gasteiger partial charge in [-0.1, -0.05) is 6.07 Å². The molecule has 0 saturated heterocycles. The van der Waals surface area contributed by atoms with E-state index in [2.05, 4.69) is 0 Å². The van der Waals surface area contributed by atoms with Crippen molar-refractivity contribution in [3.05, 3.63) is 40.8 Å². The molecule has 0 radical (unpaired) electrons. The lowest BCUT2D eigenvalue weighted by Crippen LogP contribution is -2.25. The summed E-state index contributed by atoms with van der Waals surface area (Å²) in [7, 11) is -1.98. The summed E-state index contributed by atoms with van der Waals surface area (Å²) in [5.74, 6) is 0. The zero-order valence-electron chi connectivity index (χ0n) is 11.0. The third kappa shape index (κ3) is 2.74. The van der Waals surface area contributed by atoms with E-state index in [1.54, 1.807) is 12.4 Å². The first-order valence-electron chi connectivity index (χ1n) is 5.72. The molecule has 0 aliphatic rings. The van der Waals surface area contributed by atoms with Crippen LogP contribution in [0.1, 0.15) is 11.1 Å². The number of anilines is 2. The molecule has 0 amide bonds. The molecule has 0 spiro atoms. The topological polar surface area (TPSA) is 63.4 Å². The predicted octanol–water partition coefficient (Wildman–Crippen LogP) is 2.77. The van der Waals surface area contributed by atoms with Crippen molar-refractivity contribution in [2.45, 2.75) is 18.1 Å². The highest BCUT2D eigenvalue weighted by molar-refractivity contribution is 7.94. The van der Waals surface area contributed by atoms with Gasteiger partial charge in [-0.15, -0.1) is 11.3 Å². The summed E-state index contributed by atoms with van der Waals surface area (Å²) in [6.07, 6.45) is 0. The number of nitrogen functional groups attached to an aromatic ring is 1. The van der Waals surface area contributed by atoms with Crippen molar-refractivity contribution in [1.29, 1.82) is 0 Å². The Hall–Kier alpha value is -1.53. The van der Waals surface area contributed by atoms with E-state index in [1.165, 1.54) is 10.4 Å². The minimum absolute atomic E-state index is 0.256. The summed E-state index contributed by atoms with van der Waals surface area (Å²) in [4.78, 5) is 0. The number of thiophene rings is 1. The fourth-order valence-electron chi connectivity index (χ4n) is 1.87. The molecule has 1 aromatic heterocycles. The molecule has 1 heterocycles. The van der Waals surface area contributed by atoms with E-state index in [0.717, 1.165) is 22.5 Å². The second kappa shape index (κ2) is 4.86. The van der Waals surface area contributed by atoms with E-state index in [9.17, 15) is 8.42 Å². The minimum atomic E-state index is -3.53. The van der Waals surface area contributed by atoms with Gasteiger partial charge in [0.05, 0.1) is 5.69 Å². The maximum absolute atomic E-state index is 12.4. The van der Waals surface area contributed by atoms with E-state index in [-0.39, 0.29) is 4.21 Å². The first-order chi connectivity index (χ1) is 8.80. The average Bonchev–Trinajstić information content (AvgIpc) is 2.74. The third-order valence-corrected chi connectivity index (χ3v) is 6.00. The van der Waals surface area contributed by atoms with Crippen LogP contribution in [0.3, 0.4) is 0 Å². The first-order valence-corrected chi connectivity index (χ1v) is 8.04. The number of nitrogens with two attached hydrogens (primary N) is 1. The number of hydrogen-bond donors (Lipinski definition) is 1. The van der Waals surface area contributed by atoms with Gasteiger partial charge in [0.2, 0.25) is 0 Å². The van der Waals surface area contributed by atoms with Crippen LogP contribution in [-0.4, -0.2) is 15.5 Å². The van der Waals surface area contributed by atoms with Gasteiger partial charge < -0.3 is 5.73 Å². The molecule has 0 saturated carbocycles. The summed E-state index contributed by atoms with van der Waals surface area (Å²) >= 11 is 1.13. The summed E-state index contributed by atoms with van der Waals surface area (Å²) in [6, 6.07) is 7.19. The molecule has 4 nitrogen and oxygen atoms in total. The molecule has 0 unspecified atom stereocenters. The Balaban J connectivity index is 2.46. The smallest absolute Gasteiger partial charge is 0.273 e. The van der Waals surface area contributed by atoms with Crippen molar-refractivity contribution >= 4 is 32.7 Å². The largest absolute Gasteiger partial charge is 0.398 e. The lowest BCUT2D eigenvalue weighted by Gasteiger charge is -2.19. The molecule has 1 aromatic carbocycles. The van der Waals surface area contributed by atoms with Crippen LogP contribution >= 0.6 is 11.3 Å². The standard InChI is InChI=1S/C13H16N2O2S2/c1-9-4-10(2)6-12(5-9)15(3)19(16,17)13-7-11(14)8-18-13/h4-8H,14H2,1-3H3. The van der Waals surface area contributed by atoms with Crippen molar-refractivity contribution in [3.63, 3.8) is 0 Å². The summed E-state index contributed by atoms with van der Waals surface area (Å²) < 4.78 is 26.4. The van der Waals surface area contributed by atoms with E-state index < -0.39 is 10.0 Å². The normalized spacial score (nSPS) is 11.5. The Morgan fingerprint density at radius 1 is 1.11 bits per heavy atom. The van der Waals surface area contributed by atoms with Crippen LogP contribution < -0.4 is 10.0 Å². The Bertz CT molecular complexity index is 685. The second-order valence-corrected chi connectivity index (χ2v) is 7.62. The lowest BCUT2D eigenvalue weighted by atomic mass is 10.1. The molecule has 0 atom stereocenters. The Labute approximate surface area is 117 Å². The molecule has 0 bridgehead atoms. The predicted molar refractivity (Wildman–Crippen MR) is 80.2 cm³/mol. The van der Waals surface area contributed by atoms with E-state index in [4.69, 9.17) is 5.73 Å². The molecule has 19 heavy (non-hydrogen) atoms. The Morgan fingerprint density at radius 3 is 2.16 bits per heavy atom. The van der Waals surface area contributed by atoms with Crippen molar-refractivity contribution < 1.29 is 8.42 Å². The number of hydrogen-bond acceptors (Lipinski definition) is 4. The molecular formula is C13H16N2O2S2. The molecule has 0 fully saturated rings. The van der Waals surface area contributed by atoms with Gasteiger partial charge in [-0.05, 0) is 43.2 Å². The van der Waals surface area contributed by atoms with E-state index in [1.807, 2.05) is 32.0 Å². The van der Waals surface area contributed by atoms with Crippen molar-refractivity contribution in [2.24, 2.45) is 0 Å². The first kappa shape index (κ1) is 13.9. The summed E-state index contributed by atoms with van der Waals surface area (Å²) in [5.41, 5.74) is 8.78.